The Morgan fingerprint density at radius 3 is 1.06 bits per heavy atom. The van der Waals surface area contributed by atoms with Crippen LogP contribution in [0.4, 0.5) is 0 Å². The van der Waals surface area contributed by atoms with Crippen LogP contribution in [0.2, 0.25) is 0 Å². The molecule has 0 unspecified atom stereocenters. The summed E-state index contributed by atoms with van der Waals surface area (Å²) in [5, 5.41) is 24.5. The van der Waals surface area contributed by atoms with E-state index < -0.39 is 0 Å². The van der Waals surface area contributed by atoms with Gasteiger partial charge in [-0.25, -0.2) is 29.9 Å². The van der Waals surface area contributed by atoms with Crippen LogP contribution in [0.1, 0.15) is 0 Å². The lowest BCUT2D eigenvalue weighted by Crippen LogP contribution is -2.00. The average Bonchev–Trinajstić information content (AvgIpc) is 1.44. The number of aromatic nitrogens is 6. The van der Waals surface area contributed by atoms with Crippen molar-refractivity contribution in [3.63, 3.8) is 0 Å². The molecule has 0 aliphatic rings. The van der Waals surface area contributed by atoms with Crippen molar-refractivity contribution >= 4 is 181 Å². The monoisotopic (exact) mass is 1330 g/mol. The number of hydrogen-bond acceptors (Lipinski definition) is 10. The first-order chi connectivity index (χ1) is 49.5. The van der Waals surface area contributed by atoms with Crippen LogP contribution in [0.25, 0.3) is 215 Å². The van der Waals surface area contributed by atoms with E-state index in [1.165, 1.54) is 109 Å². The quantitative estimate of drug-likeness (QED) is 0.153. The molecular weight excluding hydrogens is 1280 g/mol. The summed E-state index contributed by atoms with van der Waals surface area (Å²) in [6.07, 6.45) is 0. The van der Waals surface area contributed by atoms with E-state index in [2.05, 4.69) is 261 Å². The highest BCUT2D eigenvalue weighted by atomic mass is 32.1. The number of furan rings is 1. The minimum absolute atomic E-state index is 0.642. The molecule has 0 saturated carbocycles. The number of para-hydroxylation sites is 1. The second-order valence-corrected chi connectivity index (χ2v) is 28.7. The van der Waals surface area contributed by atoms with Gasteiger partial charge in [0.25, 0.3) is 0 Å². The molecule has 6 heterocycles. The smallest absolute Gasteiger partial charge is 0.164 e. The van der Waals surface area contributed by atoms with Crippen molar-refractivity contribution in [3.8, 4) is 68.3 Å². The standard InChI is InChI=1S/C45H25N3OS.C45H25N3S2/c1-2-10-26(11-3-1)43-46-44(48-45(47-43)29-20-23-39-36(25-29)31-12-7-9-17-38(31)50-39)28-19-21-30-27(24-28)18-22-35-40(30)32-13-4-5-14-33(32)41-34-15-6-8-16-37(34)49-42(35)41;1-2-10-26(11-3-1)43-46-44(48-45(47-43)29-20-23-39-36(25-29)31-12-6-8-16-37(31)49-39)28-19-21-30-27(24-28)18-22-35-40(30)32-13-4-5-14-33(32)41-34-15-7-9-17-38(34)50-42(35)41/h2*1-25H. The third-order valence-corrected chi connectivity index (χ3v) is 23.3. The highest BCUT2D eigenvalue weighted by molar-refractivity contribution is 7.27. The van der Waals surface area contributed by atoms with Gasteiger partial charge in [-0.1, -0.05) is 224 Å². The second-order valence-electron chi connectivity index (χ2n) is 25.5. The number of rotatable bonds is 6. The molecule has 0 spiro atoms. The summed E-state index contributed by atoms with van der Waals surface area (Å²) < 4.78 is 14.3. The van der Waals surface area contributed by atoms with Crippen LogP contribution in [0, 0.1) is 0 Å². The van der Waals surface area contributed by atoms with Gasteiger partial charge < -0.3 is 4.42 Å². The van der Waals surface area contributed by atoms with E-state index in [0.29, 0.717) is 34.9 Å². The van der Waals surface area contributed by atoms with Gasteiger partial charge in [0.05, 0.1) is 0 Å². The molecule has 0 atom stereocenters. The zero-order valence-corrected chi connectivity index (χ0v) is 55.6. The van der Waals surface area contributed by atoms with Crippen LogP contribution in [-0.2, 0) is 0 Å². The summed E-state index contributed by atoms with van der Waals surface area (Å²) >= 11 is 5.52. The van der Waals surface area contributed by atoms with Crippen molar-refractivity contribution in [3.05, 3.63) is 303 Å². The Labute approximate surface area is 582 Å². The Balaban J connectivity index is 0.000000131. The van der Waals surface area contributed by atoms with E-state index in [1.807, 2.05) is 76.5 Å². The molecule has 0 bridgehead atoms. The van der Waals surface area contributed by atoms with Gasteiger partial charge in [-0.15, -0.1) is 34.0 Å². The summed E-state index contributed by atoms with van der Waals surface area (Å²) in [5.41, 5.74) is 7.60. The summed E-state index contributed by atoms with van der Waals surface area (Å²) in [4.78, 5) is 30.4. The SMILES string of the molecule is c1ccc(-c2nc(-c3ccc4c(ccc5c6oc7ccccc7c6c6ccccc6c45)c3)nc(-c3ccc4sc5ccccc5c4c3)n2)cc1.c1ccc(-c2nc(-c3ccc4c(ccc5c6sc7ccccc7c6c6ccccc6c45)c3)nc(-c3ccc4sc5ccccc5c4c3)n2)cc1. The minimum atomic E-state index is 0.642. The molecule has 100 heavy (non-hydrogen) atoms. The van der Waals surface area contributed by atoms with Crippen molar-refractivity contribution in [1.29, 1.82) is 0 Å². The summed E-state index contributed by atoms with van der Waals surface area (Å²) in [5.74, 6) is 3.95. The van der Waals surface area contributed by atoms with Crippen molar-refractivity contribution in [1.82, 2.24) is 29.9 Å². The molecule has 0 fully saturated rings. The molecular formula is C90H50N6OS3. The Morgan fingerprint density at radius 2 is 0.550 bits per heavy atom. The molecule has 0 N–H and O–H groups in total. The van der Waals surface area contributed by atoms with E-state index in [9.17, 15) is 0 Å². The Morgan fingerprint density at radius 1 is 0.200 bits per heavy atom. The van der Waals surface area contributed by atoms with Crippen LogP contribution in [0.3, 0.4) is 0 Å². The molecule has 22 aromatic rings. The van der Waals surface area contributed by atoms with Crippen molar-refractivity contribution in [2.75, 3.05) is 0 Å². The van der Waals surface area contributed by atoms with Gasteiger partial charge >= 0.3 is 0 Å². The highest BCUT2D eigenvalue weighted by Gasteiger charge is 2.22. The Bertz CT molecular complexity index is 6750. The van der Waals surface area contributed by atoms with Gasteiger partial charge in [-0.05, 0) is 127 Å². The average molecular weight is 1330 g/mol. The van der Waals surface area contributed by atoms with Gasteiger partial charge in [-0.3, -0.25) is 0 Å². The minimum Gasteiger partial charge on any atom is -0.455 e. The number of fused-ring (bicyclic) bond motifs is 26. The first kappa shape index (κ1) is 56.7. The molecule has 0 radical (unpaired) electrons. The first-order valence-electron chi connectivity index (χ1n) is 33.4. The fraction of sp³-hybridized carbons (Fsp3) is 0. The van der Waals surface area contributed by atoms with E-state index in [-0.39, 0.29) is 0 Å². The molecule has 22 rings (SSSR count). The Kier molecular flexibility index (Phi) is 12.8. The van der Waals surface area contributed by atoms with Gasteiger partial charge in [0.2, 0.25) is 0 Å². The largest absolute Gasteiger partial charge is 0.455 e. The van der Waals surface area contributed by atoms with E-state index in [1.54, 1.807) is 0 Å². The molecule has 0 amide bonds. The van der Waals surface area contributed by atoms with Gasteiger partial charge in [0, 0.05) is 121 Å². The molecule has 0 saturated heterocycles. The number of benzene rings is 16. The van der Waals surface area contributed by atoms with Crippen LogP contribution < -0.4 is 0 Å². The summed E-state index contributed by atoms with van der Waals surface area (Å²) in [7, 11) is 0. The molecule has 16 aromatic carbocycles. The fourth-order valence-corrected chi connectivity index (χ4v) is 18.6. The van der Waals surface area contributed by atoms with Crippen LogP contribution in [0.15, 0.2) is 308 Å². The summed E-state index contributed by atoms with van der Waals surface area (Å²) in [6, 6.07) is 107. The highest BCUT2D eigenvalue weighted by Crippen LogP contribution is 2.48. The number of nitrogens with zero attached hydrogens (tertiary/aromatic N) is 6. The van der Waals surface area contributed by atoms with Gasteiger partial charge in [0.15, 0.2) is 34.9 Å². The lowest BCUT2D eigenvalue weighted by atomic mass is 9.92. The van der Waals surface area contributed by atoms with Crippen LogP contribution >= 0.6 is 34.0 Å². The molecule has 464 valence electrons. The van der Waals surface area contributed by atoms with Crippen molar-refractivity contribution in [2.24, 2.45) is 0 Å². The molecule has 7 nitrogen and oxygen atoms in total. The predicted molar refractivity (Wildman–Crippen MR) is 423 cm³/mol. The third kappa shape index (κ3) is 9.08. The first-order valence-corrected chi connectivity index (χ1v) is 35.8. The Hall–Kier alpha value is -12.4. The summed E-state index contributed by atoms with van der Waals surface area (Å²) in [6.45, 7) is 0. The van der Waals surface area contributed by atoms with Gasteiger partial charge in [-0.2, -0.15) is 0 Å². The maximum Gasteiger partial charge on any atom is 0.164 e. The van der Waals surface area contributed by atoms with Crippen molar-refractivity contribution < 1.29 is 4.42 Å². The van der Waals surface area contributed by atoms with Crippen molar-refractivity contribution in [2.45, 2.75) is 0 Å². The van der Waals surface area contributed by atoms with Crippen LogP contribution in [0.5, 0.6) is 0 Å². The van der Waals surface area contributed by atoms with E-state index in [4.69, 9.17) is 34.3 Å². The topological polar surface area (TPSA) is 90.5 Å². The third-order valence-electron chi connectivity index (χ3n) is 19.8. The van der Waals surface area contributed by atoms with Crippen LogP contribution in [-0.4, -0.2) is 29.9 Å². The lowest BCUT2D eigenvalue weighted by Gasteiger charge is -2.12. The number of thiophene rings is 3. The molecule has 0 aliphatic heterocycles. The molecule has 0 aliphatic carbocycles. The maximum atomic E-state index is 6.55. The van der Waals surface area contributed by atoms with Gasteiger partial charge in [0.1, 0.15) is 11.2 Å². The fourth-order valence-electron chi connectivity index (χ4n) is 15.2. The number of hydrogen-bond donors (Lipinski definition) is 0. The zero-order valence-electron chi connectivity index (χ0n) is 53.2. The molecule has 6 aromatic heterocycles. The predicted octanol–water partition coefficient (Wildman–Crippen LogP) is 25.7. The van der Waals surface area contributed by atoms with E-state index in [0.717, 1.165) is 71.5 Å². The zero-order chi connectivity index (χ0) is 65.5. The molecule has 10 heteroatoms. The normalized spacial score (nSPS) is 12.0. The lowest BCUT2D eigenvalue weighted by molar-refractivity contribution is 0.673. The van der Waals surface area contributed by atoms with E-state index >= 15 is 0 Å². The maximum absolute atomic E-state index is 6.55. The second kappa shape index (κ2) is 22.6.